The van der Waals surface area contributed by atoms with Crippen LogP contribution in [0.5, 0.6) is 11.5 Å². The third-order valence-electron chi connectivity index (χ3n) is 10.4. The zero-order chi connectivity index (χ0) is 37.5. The van der Waals surface area contributed by atoms with Crippen LogP contribution in [0, 0.1) is 12.1 Å². The second kappa shape index (κ2) is 15.6. The van der Waals surface area contributed by atoms with Gasteiger partial charge < -0.3 is 14.3 Å². The van der Waals surface area contributed by atoms with Crippen molar-refractivity contribution in [3.63, 3.8) is 0 Å². The van der Waals surface area contributed by atoms with Crippen LogP contribution in [0.15, 0.2) is 121 Å². The van der Waals surface area contributed by atoms with E-state index in [-0.39, 0.29) is 25.5 Å². The van der Waals surface area contributed by atoms with E-state index in [4.69, 9.17) is 9.72 Å². The number of nitrogens with zero attached hydrogens (tertiary/aromatic N) is 3. The van der Waals surface area contributed by atoms with Crippen LogP contribution in [0.3, 0.4) is 0 Å². The molecule has 2 aromatic heterocycles. The van der Waals surface area contributed by atoms with E-state index < -0.39 is 8.07 Å². The summed E-state index contributed by atoms with van der Waals surface area (Å²) in [6.45, 7) is 20.6. The Bertz CT molecular complexity index is 2360. The Morgan fingerprint density at radius 2 is 1.39 bits per heavy atom. The summed E-state index contributed by atoms with van der Waals surface area (Å²) in [6.07, 6.45) is 2.02. The van der Waals surface area contributed by atoms with E-state index in [0.717, 1.165) is 50.7 Å². The van der Waals surface area contributed by atoms with E-state index in [1.165, 1.54) is 27.6 Å². The van der Waals surface area contributed by atoms with E-state index in [1.807, 2.05) is 42.6 Å². The van der Waals surface area contributed by atoms with Crippen LogP contribution >= 0.6 is 0 Å². The molecule has 4 nitrogen and oxygen atoms in total. The SMILES string of the molecule is CC(C)c1cccc(C(C)C)c1-n1c(-c2[c-]ccc3c2Oc2ccccc2C3(C)C)nc2ccccc21.C[Si](C)(C)c1ccc(-c2[c-]cccc2)nc1.[Ir]. The fourth-order valence-electron chi connectivity index (χ4n) is 7.32. The fourth-order valence-corrected chi connectivity index (χ4v) is 8.35. The number of ether oxygens (including phenoxy) is 1. The summed E-state index contributed by atoms with van der Waals surface area (Å²) in [5.41, 5.74) is 11.0. The molecule has 0 saturated heterocycles. The predicted molar refractivity (Wildman–Crippen MR) is 224 cm³/mol. The minimum atomic E-state index is -1.23. The molecule has 1 radical (unpaired) electrons. The summed E-state index contributed by atoms with van der Waals surface area (Å²) in [4.78, 5) is 9.74. The molecular formula is C48H49IrN3OSi-2. The van der Waals surface area contributed by atoms with Crippen LogP contribution in [-0.4, -0.2) is 22.6 Å². The van der Waals surface area contributed by atoms with Gasteiger partial charge in [0.25, 0.3) is 0 Å². The van der Waals surface area contributed by atoms with E-state index >= 15 is 0 Å². The molecule has 0 amide bonds. The summed E-state index contributed by atoms with van der Waals surface area (Å²) in [7, 11) is -1.23. The molecule has 1 aliphatic heterocycles. The molecule has 6 heteroatoms. The van der Waals surface area contributed by atoms with Crippen molar-refractivity contribution in [2.45, 2.75) is 78.4 Å². The summed E-state index contributed by atoms with van der Waals surface area (Å²) >= 11 is 0. The molecule has 3 heterocycles. The number of rotatable bonds is 6. The van der Waals surface area contributed by atoms with Crippen LogP contribution < -0.4 is 9.92 Å². The van der Waals surface area contributed by atoms with Gasteiger partial charge in [-0.05, 0) is 52.0 Å². The maximum atomic E-state index is 6.66. The molecule has 0 aliphatic carbocycles. The van der Waals surface area contributed by atoms with Gasteiger partial charge in [-0.15, -0.1) is 54.1 Å². The van der Waals surface area contributed by atoms with Gasteiger partial charge in [-0.2, -0.15) is 0 Å². The molecule has 54 heavy (non-hydrogen) atoms. The number of hydrogen-bond donors (Lipinski definition) is 0. The van der Waals surface area contributed by atoms with Gasteiger partial charge in [0.15, 0.2) is 0 Å². The van der Waals surface area contributed by atoms with Crippen LogP contribution in [-0.2, 0) is 25.5 Å². The second-order valence-corrected chi connectivity index (χ2v) is 21.2. The Labute approximate surface area is 336 Å². The number of fused-ring (bicyclic) bond motifs is 3. The normalized spacial score (nSPS) is 13.0. The Morgan fingerprint density at radius 3 is 2.04 bits per heavy atom. The van der Waals surface area contributed by atoms with Crippen LogP contribution in [0.4, 0.5) is 0 Å². The van der Waals surface area contributed by atoms with Crippen molar-refractivity contribution < 1.29 is 24.8 Å². The molecule has 1 aliphatic rings. The van der Waals surface area contributed by atoms with Crippen molar-refractivity contribution in [2.24, 2.45) is 0 Å². The molecule has 0 N–H and O–H groups in total. The van der Waals surface area contributed by atoms with Crippen LogP contribution in [0.25, 0.3) is 39.4 Å². The standard InChI is InChI=1S/C34H33N2O.C14H16NSi.Ir/c1-21(2)23-13-11-14-24(22(3)4)31(23)36-29-19-9-8-18-28(29)35-33(36)25-15-12-17-27-32(25)37-30-20-10-7-16-26(30)34(27,5)6;1-16(2,3)13-9-10-14(15-11-13)12-7-5-4-6-8-12;/h7-14,16-22H,1-6H3;4-7,9-11H,1-3H3;/q2*-1;. The Morgan fingerprint density at radius 1 is 0.704 bits per heavy atom. The molecule has 277 valence electrons. The first-order valence-electron chi connectivity index (χ1n) is 18.7. The molecule has 8 rings (SSSR count). The summed E-state index contributed by atoms with van der Waals surface area (Å²) < 4.78 is 9.01. The quantitative estimate of drug-likeness (QED) is 0.123. The van der Waals surface area contributed by atoms with E-state index in [2.05, 4.69) is 162 Å². The Hall–Kier alpha value is -4.61. The average Bonchev–Trinajstić information content (AvgIpc) is 3.54. The van der Waals surface area contributed by atoms with Crippen molar-refractivity contribution in [1.82, 2.24) is 14.5 Å². The van der Waals surface area contributed by atoms with Gasteiger partial charge in [0.05, 0.1) is 24.9 Å². The Kier molecular flexibility index (Phi) is 11.3. The van der Waals surface area contributed by atoms with Crippen LogP contribution in [0.2, 0.25) is 19.6 Å². The molecule has 7 aromatic rings. The molecular weight excluding hydrogens is 855 g/mol. The fraction of sp³-hybridized carbons (Fsp3) is 0.250. The predicted octanol–water partition coefficient (Wildman–Crippen LogP) is 12.3. The van der Waals surface area contributed by atoms with Crippen molar-refractivity contribution in [1.29, 1.82) is 0 Å². The van der Waals surface area contributed by atoms with Crippen molar-refractivity contribution in [2.75, 3.05) is 0 Å². The first-order chi connectivity index (χ1) is 25.4. The van der Waals surface area contributed by atoms with Crippen molar-refractivity contribution in [3.05, 3.63) is 156 Å². The summed E-state index contributed by atoms with van der Waals surface area (Å²) in [6, 6.07) is 46.6. The zero-order valence-corrected chi connectivity index (χ0v) is 36.2. The molecule has 5 aromatic carbocycles. The summed E-state index contributed by atoms with van der Waals surface area (Å²) in [5, 5.41) is 1.40. The van der Waals surface area contributed by atoms with Crippen molar-refractivity contribution >= 4 is 24.3 Å². The monoisotopic (exact) mass is 904 g/mol. The van der Waals surface area contributed by atoms with Gasteiger partial charge in [0, 0.05) is 48.7 Å². The Balaban J connectivity index is 0.000000246. The summed E-state index contributed by atoms with van der Waals surface area (Å²) in [5.74, 6) is 3.32. The van der Waals surface area contributed by atoms with Gasteiger partial charge in [-0.1, -0.05) is 133 Å². The van der Waals surface area contributed by atoms with Crippen molar-refractivity contribution in [3.8, 4) is 39.8 Å². The maximum Gasteiger partial charge on any atom is 0.118 e. The van der Waals surface area contributed by atoms with E-state index in [9.17, 15) is 0 Å². The van der Waals surface area contributed by atoms with Gasteiger partial charge in [-0.3, -0.25) is 4.98 Å². The third kappa shape index (κ3) is 7.40. The van der Waals surface area contributed by atoms with Gasteiger partial charge in [0.2, 0.25) is 0 Å². The first kappa shape index (κ1) is 39.1. The molecule has 0 spiro atoms. The van der Waals surface area contributed by atoms with Gasteiger partial charge >= 0.3 is 0 Å². The molecule has 0 bridgehead atoms. The number of pyridine rings is 1. The number of para-hydroxylation sites is 4. The topological polar surface area (TPSA) is 39.9 Å². The minimum Gasteiger partial charge on any atom is -0.501 e. The van der Waals surface area contributed by atoms with Crippen LogP contribution in [0.1, 0.15) is 75.6 Å². The van der Waals surface area contributed by atoms with E-state index in [1.54, 1.807) is 0 Å². The maximum absolute atomic E-state index is 6.66. The second-order valence-electron chi connectivity index (χ2n) is 16.1. The smallest absolute Gasteiger partial charge is 0.118 e. The number of aromatic nitrogens is 3. The third-order valence-corrected chi connectivity index (χ3v) is 12.4. The number of hydrogen-bond acceptors (Lipinski definition) is 3. The zero-order valence-electron chi connectivity index (χ0n) is 32.8. The minimum absolute atomic E-state index is 0. The number of imidazole rings is 1. The molecule has 0 unspecified atom stereocenters. The van der Waals surface area contributed by atoms with Gasteiger partial charge in [0.1, 0.15) is 5.75 Å². The largest absolute Gasteiger partial charge is 0.501 e. The molecule has 0 saturated carbocycles. The molecule has 0 fully saturated rings. The molecule has 0 atom stereocenters. The van der Waals surface area contributed by atoms with E-state index in [0.29, 0.717) is 11.8 Å². The number of benzene rings is 5. The van der Waals surface area contributed by atoms with Gasteiger partial charge in [-0.25, -0.2) is 0 Å². The first-order valence-corrected chi connectivity index (χ1v) is 22.2. The average molecular weight is 904 g/mol.